The van der Waals surface area contributed by atoms with Crippen LogP contribution >= 0.6 is 0 Å². The predicted octanol–water partition coefficient (Wildman–Crippen LogP) is 2.46. The lowest BCUT2D eigenvalue weighted by Crippen LogP contribution is -2.44. The van der Waals surface area contributed by atoms with Crippen molar-refractivity contribution in [2.45, 2.75) is 19.9 Å². The Kier molecular flexibility index (Phi) is 4.73. The number of carbonyl (C=O) groups is 2. The number of amides is 1. The number of aliphatic carboxylic acids is 1. The second kappa shape index (κ2) is 6.55. The number of oxazole rings is 1. The highest BCUT2D eigenvalue weighted by Crippen LogP contribution is 2.25. The number of aromatic nitrogens is 1. The van der Waals surface area contributed by atoms with E-state index >= 15 is 0 Å². The lowest BCUT2D eigenvalue weighted by atomic mass is 10.0. The summed E-state index contributed by atoms with van der Waals surface area (Å²) < 4.78 is 32.2. The van der Waals surface area contributed by atoms with Crippen LogP contribution in [0.3, 0.4) is 0 Å². The van der Waals surface area contributed by atoms with Gasteiger partial charge in [-0.3, -0.25) is 4.79 Å². The van der Waals surface area contributed by atoms with Gasteiger partial charge in [0.05, 0.1) is 0 Å². The molecule has 0 aliphatic carbocycles. The third-order valence-corrected chi connectivity index (χ3v) is 3.13. The van der Waals surface area contributed by atoms with Gasteiger partial charge >= 0.3 is 5.97 Å². The summed E-state index contributed by atoms with van der Waals surface area (Å²) >= 11 is 0. The van der Waals surface area contributed by atoms with Gasteiger partial charge in [-0.15, -0.1) is 0 Å². The third kappa shape index (κ3) is 3.53. The van der Waals surface area contributed by atoms with Crippen molar-refractivity contribution in [2.75, 3.05) is 0 Å². The standard InChI is InChI=1S/C15H14F2N2O4/c1-7(2)12(15(21)22)19-13(20)10-6-23-14(18-10)11-8(16)4-3-5-9(11)17/h3-7,12H,1-2H3,(H,19,20)(H,21,22)/t12-/m0/s1. The number of halogens is 2. The van der Waals surface area contributed by atoms with Crippen molar-refractivity contribution < 1.29 is 27.9 Å². The van der Waals surface area contributed by atoms with E-state index in [0.717, 1.165) is 18.4 Å². The van der Waals surface area contributed by atoms with E-state index in [1.807, 2.05) is 0 Å². The van der Waals surface area contributed by atoms with E-state index in [2.05, 4.69) is 10.3 Å². The molecule has 0 aliphatic heterocycles. The first kappa shape index (κ1) is 16.6. The first-order valence-corrected chi connectivity index (χ1v) is 6.74. The van der Waals surface area contributed by atoms with Gasteiger partial charge in [-0.2, -0.15) is 0 Å². The predicted molar refractivity (Wildman–Crippen MR) is 75.6 cm³/mol. The molecule has 0 saturated heterocycles. The molecule has 8 heteroatoms. The molecule has 23 heavy (non-hydrogen) atoms. The largest absolute Gasteiger partial charge is 0.480 e. The maximum Gasteiger partial charge on any atom is 0.326 e. The number of hydrogen-bond acceptors (Lipinski definition) is 4. The summed E-state index contributed by atoms with van der Waals surface area (Å²) in [7, 11) is 0. The van der Waals surface area contributed by atoms with Gasteiger partial charge in [-0.25, -0.2) is 18.6 Å². The van der Waals surface area contributed by atoms with Crippen LogP contribution in [0.2, 0.25) is 0 Å². The molecule has 0 fully saturated rings. The van der Waals surface area contributed by atoms with Crippen LogP contribution in [0.15, 0.2) is 28.9 Å². The summed E-state index contributed by atoms with van der Waals surface area (Å²) in [6, 6.07) is 2.13. The molecule has 1 atom stereocenters. The Balaban J connectivity index is 2.25. The lowest BCUT2D eigenvalue weighted by Gasteiger charge is -2.16. The Morgan fingerprint density at radius 1 is 1.26 bits per heavy atom. The summed E-state index contributed by atoms with van der Waals surface area (Å²) in [5.74, 6) is -4.53. The molecule has 2 N–H and O–H groups in total. The molecule has 6 nitrogen and oxygen atoms in total. The molecule has 2 aromatic rings. The summed E-state index contributed by atoms with van der Waals surface area (Å²) in [6.07, 6.45) is 0.912. The normalized spacial score (nSPS) is 12.2. The van der Waals surface area contributed by atoms with Crippen molar-refractivity contribution in [3.05, 3.63) is 41.8 Å². The van der Waals surface area contributed by atoms with Crippen molar-refractivity contribution >= 4 is 11.9 Å². The average molecular weight is 324 g/mol. The Labute approximate surface area is 130 Å². The van der Waals surface area contributed by atoms with Gasteiger partial charge in [0.1, 0.15) is 29.5 Å². The van der Waals surface area contributed by atoms with E-state index in [9.17, 15) is 18.4 Å². The number of benzene rings is 1. The second-order valence-electron chi connectivity index (χ2n) is 5.17. The summed E-state index contributed by atoms with van der Waals surface area (Å²) in [5, 5.41) is 11.3. The second-order valence-corrected chi connectivity index (χ2v) is 5.17. The van der Waals surface area contributed by atoms with Crippen molar-refractivity contribution in [1.82, 2.24) is 10.3 Å². The molecule has 0 unspecified atom stereocenters. The van der Waals surface area contributed by atoms with Gasteiger partial charge in [0.15, 0.2) is 5.69 Å². The van der Waals surface area contributed by atoms with Crippen LogP contribution in [-0.4, -0.2) is 28.0 Å². The molecule has 0 bridgehead atoms. The molecule has 1 aromatic heterocycles. The molecule has 1 amide bonds. The van der Waals surface area contributed by atoms with Crippen LogP contribution in [-0.2, 0) is 4.79 Å². The molecule has 2 rings (SSSR count). The Morgan fingerprint density at radius 2 is 1.87 bits per heavy atom. The average Bonchev–Trinajstić information content (AvgIpc) is 2.93. The van der Waals surface area contributed by atoms with E-state index in [-0.39, 0.29) is 11.6 Å². The van der Waals surface area contributed by atoms with Crippen LogP contribution in [0.1, 0.15) is 24.3 Å². The number of carboxylic acids is 1. The monoisotopic (exact) mass is 324 g/mol. The van der Waals surface area contributed by atoms with Gasteiger partial charge in [0, 0.05) is 0 Å². The number of rotatable bonds is 5. The fraction of sp³-hybridized carbons (Fsp3) is 0.267. The van der Waals surface area contributed by atoms with Crippen LogP contribution in [0.5, 0.6) is 0 Å². The van der Waals surface area contributed by atoms with Gasteiger partial charge in [-0.1, -0.05) is 19.9 Å². The lowest BCUT2D eigenvalue weighted by molar-refractivity contribution is -0.140. The first-order chi connectivity index (χ1) is 10.8. The van der Waals surface area contributed by atoms with Crippen molar-refractivity contribution in [3.8, 4) is 11.5 Å². The van der Waals surface area contributed by atoms with Crippen molar-refractivity contribution in [1.29, 1.82) is 0 Å². The van der Waals surface area contributed by atoms with Crippen LogP contribution < -0.4 is 5.32 Å². The zero-order valence-corrected chi connectivity index (χ0v) is 12.3. The number of carboxylic acid groups (broad SMARTS) is 1. The molecule has 122 valence electrons. The van der Waals surface area contributed by atoms with E-state index in [0.29, 0.717) is 0 Å². The van der Waals surface area contributed by atoms with E-state index in [4.69, 9.17) is 9.52 Å². The zero-order valence-electron chi connectivity index (χ0n) is 12.3. The fourth-order valence-corrected chi connectivity index (χ4v) is 1.92. The Morgan fingerprint density at radius 3 is 2.39 bits per heavy atom. The molecule has 1 heterocycles. The van der Waals surface area contributed by atoms with E-state index < -0.39 is 41.0 Å². The Bertz CT molecular complexity index is 723. The van der Waals surface area contributed by atoms with Gasteiger partial charge in [-0.05, 0) is 18.1 Å². The first-order valence-electron chi connectivity index (χ1n) is 6.74. The zero-order chi connectivity index (χ0) is 17.1. The summed E-state index contributed by atoms with van der Waals surface area (Å²) in [5.41, 5.74) is -0.764. The van der Waals surface area contributed by atoms with Gasteiger partial charge in [0.2, 0.25) is 5.89 Å². The van der Waals surface area contributed by atoms with Crippen LogP contribution in [0.4, 0.5) is 8.78 Å². The Hall–Kier alpha value is -2.77. The van der Waals surface area contributed by atoms with Crippen molar-refractivity contribution in [3.63, 3.8) is 0 Å². The SMILES string of the molecule is CC(C)[C@H](NC(=O)c1coc(-c2c(F)cccc2F)n1)C(=O)O. The number of nitrogens with one attached hydrogen (secondary N) is 1. The molecule has 0 radical (unpaired) electrons. The summed E-state index contributed by atoms with van der Waals surface area (Å²) in [6.45, 7) is 3.25. The number of nitrogens with zero attached hydrogens (tertiary/aromatic N) is 1. The molecular weight excluding hydrogens is 310 g/mol. The van der Waals surface area contributed by atoms with Crippen LogP contribution in [0, 0.1) is 17.6 Å². The maximum atomic E-state index is 13.7. The van der Waals surface area contributed by atoms with E-state index in [1.165, 1.54) is 6.07 Å². The smallest absolute Gasteiger partial charge is 0.326 e. The van der Waals surface area contributed by atoms with Gasteiger partial charge in [0.25, 0.3) is 5.91 Å². The van der Waals surface area contributed by atoms with Crippen LogP contribution in [0.25, 0.3) is 11.5 Å². The van der Waals surface area contributed by atoms with E-state index in [1.54, 1.807) is 13.8 Å². The number of hydrogen-bond donors (Lipinski definition) is 2. The molecule has 0 saturated carbocycles. The number of carbonyl (C=O) groups excluding carboxylic acids is 1. The highest BCUT2D eigenvalue weighted by atomic mass is 19.1. The van der Waals surface area contributed by atoms with Crippen molar-refractivity contribution in [2.24, 2.45) is 5.92 Å². The minimum absolute atomic E-state index is 0.269. The highest BCUT2D eigenvalue weighted by molar-refractivity contribution is 5.95. The minimum atomic E-state index is -1.20. The summed E-state index contributed by atoms with van der Waals surface area (Å²) in [4.78, 5) is 26.8. The third-order valence-electron chi connectivity index (χ3n) is 3.13. The molecular formula is C15H14F2N2O4. The minimum Gasteiger partial charge on any atom is -0.480 e. The van der Waals surface area contributed by atoms with Gasteiger partial charge < -0.3 is 14.8 Å². The highest BCUT2D eigenvalue weighted by Gasteiger charge is 2.26. The topological polar surface area (TPSA) is 92.4 Å². The molecule has 0 spiro atoms. The fourth-order valence-electron chi connectivity index (χ4n) is 1.92. The quantitative estimate of drug-likeness (QED) is 0.881. The molecule has 0 aliphatic rings. The molecule has 1 aromatic carbocycles. The maximum absolute atomic E-state index is 13.7.